The number of nitrogens with two attached hydrogens (primary N) is 2. The molecule has 0 fully saturated rings. The molecule has 6 rings (SSSR count). The lowest BCUT2D eigenvalue weighted by Gasteiger charge is -2.16. The van der Waals surface area contributed by atoms with Crippen LogP contribution >= 0.6 is 0 Å². The van der Waals surface area contributed by atoms with Gasteiger partial charge in [0, 0.05) is 34.4 Å². The molecule has 2 aromatic heterocycles. The van der Waals surface area contributed by atoms with Crippen LogP contribution in [0.4, 0.5) is 17.1 Å². The number of fused-ring (bicyclic) bond motifs is 2. The lowest BCUT2D eigenvalue weighted by Crippen LogP contribution is -2.14. The molecule has 0 bridgehead atoms. The molecule has 6 aromatic rings. The van der Waals surface area contributed by atoms with E-state index in [0.717, 1.165) is 10.9 Å². The summed E-state index contributed by atoms with van der Waals surface area (Å²) in [6, 6.07) is 22.6. The molecule has 0 aliphatic heterocycles. The molecule has 0 saturated carbocycles. The number of rotatable bonds is 8. The highest BCUT2D eigenvalue weighted by molar-refractivity contribution is 7.91. The Bertz CT molecular complexity index is 2160. The van der Waals surface area contributed by atoms with Crippen LogP contribution in [0.2, 0.25) is 0 Å². The van der Waals surface area contributed by atoms with E-state index < -0.39 is 15.7 Å². The van der Waals surface area contributed by atoms with Crippen LogP contribution in [0.3, 0.4) is 0 Å². The zero-order valence-corrected chi connectivity index (χ0v) is 24.2. The molecule has 0 aliphatic carbocycles. The number of carbonyl (C=O) groups excluding carboxylic acids is 1. The Morgan fingerprint density at radius 2 is 1.79 bits per heavy atom. The van der Waals surface area contributed by atoms with E-state index in [1.165, 1.54) is 12.3 Å². The molecule has 0 radical (unpaired) electrons. The number of aryl methyl sites for hydroxylation is 1. The molecule has 216 valence electrons. The maximum atomic E-state index is 14.1. The molecular formula is C32H28N6O4S. The normalized spacial score (nSPS) is 11.6. The van der Waals surface area contributed by atoms with Gasteiger partial charge in [-0.15, -0.1) is 0 Å². The third-order valence-corrected chi connectivity index (χ3v) is 8.99. The number of hydrogen-bond acceptors (Lipinski definition) is 8. The Labute approximate surface area is 247 Å². The lowest BCUT2D eigenvalue weighted by atomic mass is 10.1. The number of primary amides is 1. The zero-order chi connectivity index (χ0) is 30.3. The first-order chi connectivity index (χ1) is 20.6. The number of amides is 1. The Morgan fingerprint density at radius 1 is 0.977 bits per heavy atom. The van der Waals surface area contributed by atoms with E-state index in [2.05, 4.69) is 15.4 Å². The number of pyridine rings is 1. The van der Waals surface area contributed by atoms with Crippen molar-refractivity contribution < 1.29 is 17.9 Å². The van der Waals surface area contributed by atoms with Crippen molar-refractivity contribution in [3.05, 3.63) is 108 Å². The average molecular weight is 593 g/mol. The SMILES string of the molecule is COc1cccc(Nc2c(C(N)=O)cnc3c(C)cc(S(=O)(=O)c4ccc5cnn(Cc6cccc(N)c6)c5c4)cc23)c1. The van der Waals surface area contributed by atoms with Crippen LogP contribution in [-0.4, -0.2) is 36.2 Å². The van der Waals surface area contributed by atoms with E-state index in [1.54, 1.807) is 79.5 Å². The smallest absolute Gasteiger partial charge is 0.252 e. The summed E-state index contributed by atoms with van der Waals surface area (Å²) in [6.45, 7) is 2.20. The van der Waals surface area contributed by atoms with Gasteiger partial charge in [-0.05, 0) is 72.6 Å². The van der Waals surface area contributed by atoms with Gasteiger partial charge in [-0.1, -0.05) is 18.2 Å². The number of ether oxygens (including phenoxy) is 1. The van der Waals surface area contributed by atoms with Gasteiger partial charge >= 0.3 is 0 Å². The molecule has 0 atom stereocenters. The monoisotopic (exact) mass is 592 g/mol. The summed E-state index contributed by atoms with van der Waals surface area (Å²) in [5.74, 6) is -0.0987. The van der Waals surface area contributed by atoms with Gasteiger partial charge in [0.05, 0.1) is 51.9 Å². The number of aromatic nitrogens is 3. The number of nitrogens with zero attached hydrogens (tertiary/aromatic N) is 3. The summed E-state index contributed by atoms with van der Waals surface area (Å²) in [5, 5.41) is 8.95. The van der Waals surface area contributed by atoms with Crippen LogP contribution in [-0.2, 0) is 16.4 Å². The molecule has 11 heteroatoms. The average Bonchev–Trinajstić information content (AvgIpc) is 3.39. The number of benzene rings is 4. The second kappa shape index (κ2) is 10.8. The Kier molecular flexibility index (Phi) is 6.95. The summed E-state index contributed by atoms with van der Waals surface area (Å²) in [4.78, 5) is 17.0. The summed E-state index contributed by atoms with van der Waals surface area (Å²) < 4.78 is 35.2. The molecule has 4 aromatic carbocycles. The van der Waals surface area contributed by atoms with Crippen molar-refractivity contribution in [2.45, 2.75) is 23.3 Å². The molecule has 43 heavy (non-hydrogen) atoms. The van der Waals surface area contributed by atoms with E-state index >= 15 is 0 Å². The first-order valence-electron chi connectivity index (χ1n) is 13.3. The van der Waals surface area contributed by atoms with Gasteiger partial charge < -0.3 is 21.5 Å². The summed E-state index contributed by atoms with van der Waals surface area (Å²) in [5.41, 5.74) is 16.1. The maximum absolute atomic E-state index is 14.1. The number of nitrogens with one attached hydrogen (secondary N) is 1. The van der Waals surface area contributed by atoms with Crippen molar-refractivity contribution in [1.82, 2.24) is 14.8 Å². The van der Waals surface area contributed by atoms with E-state index in [4.69, 9.17) is 16.2 Å². The van der Waals surface area contributed by atoms with Gasteiger partial charge in [-0.25, -0.2) is 8.42 Å². The van der Waals surface area contributed by atoms with Gasteiger partial charge in [0.1, 0.15) is 5.75 Å². The Hall–Kier alpha value is -5.42. The lowest BCUT2D eigenvalue weighted by molar-refractivity contribution is 0.100. The number of sulfone groups is 1. The van der Waals surface area contributed by atoms with Crippen LogP contribution in [0.25, 0.3) is 21.8 Å². The van der Waals surface area contributed by atoms with E-state index in [9.17, 15) is 13.2 Å². The van der Waals surface area contributed by atoms with Crippen LogP contribution in [0.15, 0.2) is 101 Å². The molecular weight excluding hydrogens is 564 g/mol. The number of hydrogen-bond donors (Lipinski definition) is 3. The van der Waals surface area contributed by atoms with Crippen LogP contribution in [0.1, 0.15) is 21.5 Å². The highest BCUT2D eigenvalue weighted by Crippen LogP contribution is 2.35. The van der Waals surface area contributed by atoms with E-state index in [1.807, 2.05) is 18.2 Å². The number of nitrogen functional groups attached to an aromatic ring is 1. The van der Waals surface area contributed by atoms with Crippen LogP contribution < -0.4 is 21.5 Å². The summed E-state index contributed by atoms with van der Waals surface area (Å²) >= 11 is 0. The first kappa shape index (κ1) is 27.7. The molecule has 0 saturated heterocycles. The zero-order valence-electron chi connectivity index (χ0n) is 23.4. The van der Waals surface area contributed by atoms with E-state index in [0.29, 0.717) is 51.3 Å². The minimum absolute atomic E-state index is 0.0517. The number of methoxy groups -OCH3 is 1. The molecule has 0 aliphatic rings. The second-order valence-electron chi connectivity index (χ2n) is 10.2. The van der Waals surface area contributed by atoms with Gasteiger partial charge in [0.15, 0.2) is 0 Å². The fraction of sp³-hybridized carbons (Fsp3) is 0.0938. The second-order valence-corrected chi connectivity index (χ2v) is 12.1. The fourth-order valence-electron chi connectivity index (χ4n) is 5.11. The first-order valence-corrected chi connectivity index (χ1v) is 14.8. The van der Waals surface area contributed by atoms with Gasteiger partial charge in [-0.3, -0.25) is 14.5 Å². The molecule has 0 spiro atoms. The van der Waals surface area contributed by atoms with Gasteiger partial charge in [0.25, 0.3) is 5.91 Å². The molecule has 0 unspecified atom stereocenters. The number of anilines is 3. The van der Waals surface area contributed by atoms with E-state index in [-0.39, 0.29) is 15.4 Å². The van der Waals surface area contributed by atoms with Crippen molar-refractivity contribution in [3.63, 3.8) is 0 Å². The largest absolute Gasteiger partial charge is 0.497 e. The topological polar surface area (TPSA) is 155 Å². The Morgan fingerprint density at radius 3 is 2.56 bits per heavy atom. The van der Waals surface area contributed by atoms with Crippen molar-refractivity contribution in [1.29, 1.82) is 0 Å². The molecule has 5 N–H and O–H groups in total. The minimum atomic E-state index is -4.00. The van der Waals surface area contributed by atoms with Crippen molar-refractivity contribution in [2.75, 3.05) is 18.2 Å². The Balaban J connectivity index is 1.47. The van der Waals surface area contributed by atoms with Crippen molar-refractivity contribution in [2.24, 2.45) is 5.73 Å². The standard InChI is InChI=1S/C32H28N6O4S/c1-19-11-26(14-27-30(19)35-17-28(32(34)39)31(27)37-23-7-4-8-24(13-23)42-2)43(40,41)25-10-9-21-16-36-38(29(21)15-25)18-20-5-3-6-22(33)12-20/h3-17H,18,33H2,1-2H3,(H2,34,39)(H,35,37). The number of carbonyl (C=O) groups is 1. The van der Waals surface area contributed by atoms with Crippen molar-refractivity contribution >= 4 is 54.6 Å². The van der Waals surface area contributed by atoms with Gasteiger partial charge in [-0.2, -0.15) is 5.10 Å². The fourth-order valence-corrected chi connectivity index (χ4v) is 6.50. The predicted molar refractivity (Wildman–Crippen MR) is 166 cm³/mol. The van der Waals surface area contributed by atoms with Crippen molar-refractivity contribution in [3.8, 4) is 5.75 Å². The van der Waals surface area contributed by atoms with Crippen LogP contribution in [0, 0.1) is 6.92 Å². The maximum Gasteiger partial charge on any atom is 0.252 e. The highest BCUT2D eigenvalue weighted by atomic mass is 32.2. The third kappa shape index (κ3) is 5.22. The third-order valence-electron chi connectivity index (χ3n) is 7.26. The predicted octanol–water partition coefficient (Wildman–Crippen LogP) is 5.21. The quantitative estimate of drug-likeness (QED) is 0.204. The minimum Gasteiger partial charge on any atom is -0.497 e. The molecule has 2 heterocycles. The highest BCUT2D eigenvalue weighted by Gasteiger charge is 2.23. The molecule has 1 amide bonds. The summed E-state index contributed by atoms with van der Waals surface area (Å²) in [7, 11) is -2.45. The molecule has 10 nitrogen and oxygen atoms in total. The van der Waals surface area contributed by atoms with Crippen LogP contribution in [0.5, 0.6) is 5.75 Å². The van der Waals surface area contributed by atoms with Gasteiger partial charge in [0.2, 0.25) is 9.84 Å². The summed E-state index contributed by atoms with van der Waals surface area (Å²) in [6.07, 6.45) is 3.09.